The lowest BCUT2D eigenvalue weighted by Gasteiger charge is -2.18. The van der Waals surface area contributed by atoms with Crippen LogP contribution in [0, 0.1) is 0 Å². The van der Waals surface area contributed by atoms with Crippen molar-refractivity contribution in [3.63, 3.8) is 0 Å². The molecule has 0 unspecified atom stereocenters. The maximum absolute atomic E-state index is 10.8. The molecular weight excluding hydrogens is 204 g/mol. The van der Waals surface area contributed by atoms with E-state index in [4.69, 9.17) is 5.73 Å². The molecule has 0 aliphatic heterocycles. The molecule has 1 aromatic heterocycles. The topological polar surface area (TPSA) is 71.2 Å². The summed E-state index contributed by atoms with van der Waals surface area (Å²) in [6.07, 6.45) is 1.75. The number of amides is 1. The Kier molecular flexibility index (Phi) is 4.72. The predicted octanol–water partition coefficient (Wildman–Crippen LogP) is 0.430. The van der Waals surface area contributed by atoms with E-state index in [9.17, 15) is 4.79 Å². The molecule has 1 heterocycles. The molecule has 16 heavy (non-hydrogen) atoms. The van der Waals surface area contributed by atoms with Gasteiger partial charge < -0.3 is 11.1 Å². The molecule has 3 N–H and O–H groups in total. The molecule has 0 fully saturated rings. The number of nitrogens with one attached hydrogen (secondary N) is 1. The number of likely N-dealkylation sites (N-methyl/N-ethyl adjacent to an activating group) is 1. The van der Waals surface area contributed by atoms with Gasteiger partial charge in [0.2, 0.25) is 5.91 Å². The second kappa shape index (κ2) is 6.07. The molecule has 0 aromatic carbocycles. The Morgan fingerprint density at radius 2 is 2.38 bits per heavy atom. The summed E-state index contributed by atoms with van der Waals surface area (Å²) in [6.45, 7) is 3.66. The van der Waals surface area contributed by atoms with Gasteiger partial charge in [-0.2, -0.15) is 0 Å². The Morgan fingerprint density at radius 3 is 2.94 bits per heavy atom. The van der Waals surface area contributed by atoms with Gasteiger partial charge in [0.25, 0.3) is 0 Å². The van der Waals surface area contributed by atoms with Gasteiger partial charge in [-0.3, -0.25) is 14.7 Å². The van der Waals surface area contributed by atoms with Gasteiger partial charge in [0.1, 0.15) is 0 Å². The van der Waals surface area contributed by atoms with Crippen molar-refractivity contribution in [2.75, 3.05) is 25.5 Å². The van der Waals surface area contributed by atoms with Crippen LogP contribution in [0.3, 0.4) is 0 Å². The Hall–Kier alpha value is -1.62. The number of aromatic nitrogens is 1. The van der Waals surface area contributed by atoms with E-state index in [0.29, 0.717) is 6.54 Å². The van der Waals surface area contributed by atoms with Crippen LogP contribution < -0.4 is 11.1 Å². The van der Waals surface area contributed by atoms with Crippen molar-refractivity contribution in [2.45, 2.75) is 13.5 Å². The second-order valence-electron chi connectivity index (χ2n) is 3.56. The summed E-state index contributed by atoms with van der Waals surface area (Å²) in [5.74, 6) is -0.313. The number of carbonyl (C=O) groups is 1. The minimum absolute atomic E-state index is 0.266. The summed E-state index contributed by atoms with van der Waals surface area (Å²) in [6, 6.07) is 3.86. The van der Waals surface area contributed by atoms with Crippen LogP contribution in [-0.4, -0.2) is 35.9 Å². The summed E-state index contributed by atoms with van der Waals surface area (Å²) >= 11 is 0. The minimum atomic E-state index is -0.313. The van der Waals surface area contributed by atoms with Gasteiger partial charge in [0, 0.05) is 25.5 Å². The fourth-order valence-corrected chi connectivity index (χ4v) is 1.45. The highest BCUT2D eigenvalue weighted by Gasteiger charge is 2.07. The van der Waals surface area contributed by atoms with E-state index in [2.05, 4.69) is 10.3 Å². The predicted molar refractivity (Wildman–Crippen MR) is 63.9 cm³/mol. The molecule has 0 atom stereocenters. The lowest BCUT2D eigenvalue weighted by atomic mass is 10.3. The van der Waals surface area contributed by atoms with Gasteiger partial charge in [-0.1, -0.05) is 6.92 Å². The van der Waals surface area contributed by atoms with Crippen LogP contribution in [0.1, 0.15) is 12.6 Å². The van der Waals surface area contributed by atoms with Crippen LogP contribution in [0.15, 0.2) is 18.3 Å². The number of nitrogens with two attached hydrogens (primary N) is 1. The molecule has 0 spiro atoms. The van der Waals surface area contributed by atoms with Crippen LogP contribution in [-0.2, 0) is 11.3 Å². The molecule has 1 amide bonds. The van der Waals surface area contributed by atoms with Crippen LogP contribution in [0.4, 0.5) is 5.69 Å². The molecule has 1 aromatic rings. The Morgan fingerprint density at radius 1 is 1.62 bits per heavy atom. The number of hydrogen-bond acceptors (Lipinski definition) is 4. The summed E-state index contributed by atoms with van der Waals surface area (Å²) in [4.78, 5) is 17.0. The van der Waals surface area contributed by atoms with Crippen molar-refractivity contribution in [1.82, 2.24) is 9.88 Å². The molecule has 0 aliphatic carbocycles. The van der Waals surface area contributed by atoms with Crippen LogP contribution in [0.5, 0.6) is 0 Å². The lowest BCUT2D eigenvalue weighted by Crippen LogP contribution is -2.33. The van der Waals surface area contributed by atoms with Crippen LogP contribution in [0.2, 0.25) is 0 Å². The maximum atomic E-state index is 10.8. The number of nitrogens with zero attached hydrogens (tertiary/aromatic N) is 2. The zero-order valence-electron chi connectivity index (χ0n) is 9.73. The van der Waals surface area contributed by atoms with E-state index < -0.39 is 0 Å². The summed E-state index contributed by atoms with van der Waals surface area (Å²) in [7, 11) is 1.86. The number of hydrogen-bond donors (Lipinski definition) is 2. The first-order valence-electron chi connectivity index (χ1n) is 5.29. The Balaban J connectivity index is 2.65. The first-order valence-corrected chi connectivity index (χ1v) is 5.29. The zero-order valence-corrected chi connectivity index (χ0v) is 9.73. The fraction of sp³-hybridized carbons (Fsp3) is 0.455. The summed E-state index contributed by atoms with van der Waals surface area (Å²) in [5, 5.41) is 3.05. The van der Waals surface area contributed by atoms with Crippen molar-refractivity contribution in [1.29, 1.82) is 0 Å². The maximum Gasteiger partial charge on any atom is 0.231 e. The van der Waals surface area contributed by atoms with Crippen molar-refractivity contribution in [3.05, 3.63) is 24.0 Å². The van der Waals surface area contributed by atoms with Crippen molar-refractivity contribution in [3.8, 4) is 0 Å². The highest BCUT2D eigenvalue weighted by atomic mass is 16.1. The molecule has 5 heteroatoms. The van der Waals surface area contributed by atoms with E-state index in [1.165, 1.54) is 0 Å². The molecule has 0 aliphatic rings. The quantitative estimate of drug-likeness (QED) is 0.732. The molecule has 0 radical (unpaired) electrons. The molecule has 0 saturated carbocycles. The van der Waals surface area contributed by atoms with E-state index in [0.717, 1.165) is 17.9 Å². The second-order valence-corrected chi connectivity index (χ2v) is 3.56. The van der Waals surface area contributed by atoms with E-state index in [1.54, 1.807) is 6.20 Å². The summed E-state index contributed by atoms with van der Waals surface area (Å²) < 4.78 is 0. The van der Waals surface area contributed by atoms with E-state index in [1.807, 2.05) is 31.0 Å². The van der Waals surface area contributed by atoms with E-state index in [-0.39, 0.29) is 12.5 Å². The minimum Gasteiger partial charge on any atom is -0.388 e. The van der Waals surface area contributed by atoms with Gasteiger partial charge in [0.15, 0.2) is 0 Å². The van der Waals surface area contributed by atoms with Gasteiger partial charge in [0.05, 0.1) is 12.2 Å². The van der Waals surface area contributed by atoms with Crippen molar-refractivity contribution < 1.29 is 4.79 Å². The molecule has 0 bridgehead atoms. The van der Waals surface area contributed by atoms with Gasteiger partial charge in [-0.05, 0) is 18.7 Å². The third-order valence-corrected chi connectivity index (χ3v) is 2.32. The SMILES string of the molecule is CCN(CC(N)=O)Cc1cc(NC)ccn1. The first-order chi connectivity index (χ1) is 7.65. The number of anilines is 1. The molecule has 5 nitrogen and oxygen atoms in total. The molecule has 88 valence electrons. The number of primary amides is 1. The van der Waals surface area contributed by atoms with Crippen LogP contribution in [0.25, 0.3) is 0 Å². The third kappa shape index (κ3) is 3.86. The number of pyridine rings is 1. The van der Waals surface area contributed by atoms with Crippen molar-refractivity contribution >= 4 is 11.6 Å². The number of rotatable bonds is 6. The Bertz CT molecular complexity index is 354. The number of carbonyl (C=O) groups excluding carboxylic acids is 1. The first kappa shape index (κ1) is 12.4. The average molecular weight is 222 g/mol. The van der Waals surface area contributed by atoms with Crippen LogP contribution >= 0.6 is 0 Å². The highest BCUT2D eigenvalue weighted by Crippen LogP contribution is 2.08. The third-order valence-electron chi connectivity index (χ3n) is 2.32. The van der Waals surface area contributed by atoms with Crippen molar-refractivity contribution in [2.24, 2.45) is 5.73 Å². The normalized spacial score (nSPS) is 10.4. The van der Waals surface area contributed by atoms with Gasteiger partial charge in [-0.25, -0.2) is 0 Å². The van der Waals surface area contributed by atoms with Gasteiger partial charge in [-0.15, -0.1) is 0 Å². The largest absolute Gasteiger partial charge is 0.388 e. The lowest BCUT2D eigenvalue weighted by molar-refractivity contribution is -0.119. The molecular formula is C11H18N4O. The van der Waals surface area contributed by atoms with E-state index >= 15 is 0 Å². The summed E-state index contributed by atoms with van der Waals surface area (Å²) in [5.41, 5.74) is 7.11. The Labute approximate surface area is 95.7 Å². The van der Waals surface area contributed by atoms with Gasteiger partial charge >= 0.3 is 0 Å². The standard InChI is InChI=1S/C11H18N4O/c1-3-15(8-11(12)16)7-10-6-9(13-2)4-5-14-10/h4-6H,3,7-8H2,1-2H3,(H2,12,16)(H,13,14). The highest BCUT2D eigenvalue weighted by molar-refractivity contribution is 5.75. The fourth-order valence-electron chi connectivity index (χ4n) is 1.45. The average Bonchev–Trinajstić information content (AvgIpc) is 2.28. The monoisotopic (exact) mass is 222 g/mol. The zero-order chi connectivity index (χ0) is 12.0. The smallest absolute Gasteiger partial charge is 0.231 e. The molecule has 1 rings (SSSR count). The molecule has 0 saturated heterocycles.